The van der Waals surface area contributed by atoms with Crippen molar-refractivity contribution in [3.8, 4) is 0 Å². The number of piperidine rings is 3. The summed E-state index contributed by atoms with van der Waals surface area (Å²) >= 11 is 0. The van der Waals surface area contributed by atoms with Crippen LogP contribution in [0.5, 0.6) is 0 Å². The fraction of sp³-hybridized carbons (Fsp3) is 0.526. The lowest BCUT2D eigenvalue weighted by Gasteiger charge is -2.52. The molecular formula is C19H23N3O. The van der Waals surface area contributed by atoms with E-state index in [0.717, 1.165) is 11.1 Å². The third-order valence-electron chi connectivity index (χ3n) is 6.42. The normalized spacial score (nSPS) is 30.7. The summed E-state index contributed by atoms with van der Waals surface area (Å²) in [7, 11) is 2.02. The van der Waals surface area contributed by atoms with Gasteiger partial charge in [-0.1, -0.05) is 6.07 Å². The lowest BCUT2D eigenvalue weighted by molar-refractivity contribution is -0.00144. The van der Waals surface area contributed by atoms with E-state index in [2.05, 4.69) is 20.9 Å². The van der Waals surface area contributed by atoms with Crippen LogP contribution in [0.3, 0.4) is 0 Å². The monoisotopic (exact) mass is 309 g/mol. The molecule has 4 heteroatoms. The fourth-order valence-corrected chi connectivity index (χ4v) is 4.95. The van der Waals surface area contributed by atoms with Gasteiger partial charge in [-0.15, -0.1) is 0 Å². The Labute approximate surface area is 136 Å². The second kappa shape index (κ2) is 4.60. The predicted octanol–water partition coefficient (Wildman–Crippen LogP) is 2.53. The molecule has 1 spiro atoms. The Bertz CT molecular complexity index is 781. The minimum atomic E-state index is 0.0955. The Morgan fingerprint density at radius 1 is 1.22 bits per heavy atom. The molecular weight excluding hydrogens is 286 g/mol. The summed E-state index contributed by atoms with van der Waals surface area (Å²) in [5.74, 6) is 0.767. The third kappa shape index (κ3) is 1.91. The van der Waals surface area contributed by atoms with Crippen LogP contribution in [0.4, 0.5) is 0 Å². The highest BCUT2D eigenvalue weighted by atomic mass is 16.1. The van der Waals surface area contributed by atoms with Crippen molar-refractivity contribution in [2.45, 2.75) is 37.3 Å². The number of carbonyl (C=O) groups excluding carboxylic acids is 1. The molecule has 1 atom stereocenters. The zero-order valence-electron chi connectivity index (χ0n) is 13.6. The van der Waals surface area contributed by atoms with Gasteiger partial charge in [-0.25, -0.2) is 0 Å². The number of fused-ring (bicyclic) bond motifs is 3. The number of nitrogens with one attached hydrogen (secondary N) is 1. The van der Waals surface area contributed by atoms with Crippen molar-refractivity contribution in [3.05, 3.63) is 36.0 Å². The number of nitrogens with zero attached hydrogens (tertiary/aromatic N) is 2. The Hall–Kier alpha value is -1.81. The van der Waals surface area contributed by atoms with Gasteiger partial charge < -0.3 is 9.88 Å². The minimum absolute atomic E-state index is 0.0955. The summed E-state index contributed by atoms with van der Waals surface area (Å²) in [6.07, 6.45) is 7.03. The average molecular weight is 309 g/mol. The van der Waals surface area contributed by atoms with Crippen LogP contribution in [0.2, 0.25) is 0 Å². The summed E-state index contributed by atoms with van der Waals surface area (Å²) in [5, 5.41) is 4.59. The van der Waals surface area contributed by atoms with Crippen molar-refractivity contribution < 1.29 is 4.79 Å². The molecule has 120 valence electrons. The number of hydrogen-bond acceptors (Lipinski definition) is 2. The number of amides is 1. The minimum Gasteiger partial charge on any atom is -0.351 e. The Morgan fingerprint density at radius 2 is 2.00 bits per heavy atom. The molecule has 4 fully saturated rings. The largest absolute Gasteiger partial charge is 0.351 e. The number of carbonyl (C=O) groups is 1. The van der Waals surface area contributed by atoms with Gasteiger partial charge in [0.05, 0.1) is 6.04 Å². The highest BCUT2D eigenvalue weighted by Gasteiger charge is 2.60. The zero-order chi connectivity index (χ0) is 15.6. The topological polar surface area (TPSA) is 37.3 Å². The van der Waals surface area contributed by atoms with Crippen LogP contribution in [0.1, 0.15) is 36.0 Å². The molecule has 1 amide bonds. The molecule has 1 aromatic heterocycles. The van der Waals surface area contributed by atoms with E-state index in [-0.39, 0.29) is 5.91 Å². The quantitative estimate of drug-likeness (QED) is 0.925. The molecule has 1 saturated carbocycles. The summed E-state index contributed by atoms with van der Waals surface area (Å²) in [6.45, 7) is 2.46. The van der Waals surface area contributed by atoms with Gasteiger partial charge in [0, 0.05) is 29.9 Å². The summed E-state index contributed by atoms with van der Waals surface area (Å²) in [5.41, 5.74) is 2.20. The van der Waals surface area contributed by atoms with Gasteiger partial charge in [-0.3, -0.25) is 9.69 Å². The van der Waals surface area contributed by atoms with Crippen molar-refractivity contribution in [3.63, 3.8) is 0 Å². The first-order valence-electron chi connectivity index (χ1n) is 8.78. The van der Waals surface area contributed by atoms with Crippen LogP contribution in [-0.4, -0.2) is 40.0 Å². The second-order valence-electron chi connectivity index (χ2n) is 7.58. The molecule has 3 saturated heterocycles. The molecule has 2 aromatic rings. The van der Waals surface area contributed by atoms with Crippen molar-refractivity contribution in [2.75, 3.05) is 13.1 Å². The van der Waals surface area contributed by atoms with Gasteiger partial charge in [0.2, 0.25) is 0 Å². The van der Waals surface area contributed by atoms with E-state index in [1.807, 2.05) is 31.4 Å². The molecule has 0 unspecified atom stereocenters. The molecule has 1 aliphatic carbocycles. The van der Waals surface area contributed by atoms with Crippen molar-refractivity contribution in [2.24, 2.45) is 13.0 Å². The van der Waals surface area contributed by atoms with E-state index < -0.39 is 0 Å². The standard InChI is InChI=1S/C19H23N3O/c1-21-9-4-13-2-3-15(12-16(13)21)18(23)20-17-14-5-10-22(11-6-14)19(17)7-8-19/h2-4,9,12,14,17H,5-8,10-11H2,1H3,(H,20,23)/t17-/m1/s1. The summed E-state index contributed by atoms with van der Waals surface area (Å²) in [4.78, 5) is 15.5. The maximum atomic E-state index is 12.8. The number of aromatic nitrogens is 1. The summed E-state index contributed by atoms with van der Waals surface area (Å²) in [6, 6.07) is 8.46. The molecule has 2 bridgehead atoms. The van der Waals surface area contributed by atoms with E-state index in [1.165, 1.54) is 44.2 Å². The molecule has 4 aliphatic rings. The number of aryl methyl sites for hydroxylation is 1. The average Bonchev–Trinajstić information content (AvgIpc) is 3.28. The SMILES string of the molecule is Cn1ccc2ccc(C(=O)N[C@@H]3C4CCN(CC4)C34CC4)cc21. The first-order valence-corrected chi connectivity index (χ1v) is 8.78. The smallest absolute Gasteiger partial charge is 0.251 e. The van der Waals surface area contributed by atoms with Gasteiger partial charge in [0.1, 0.15) is 0 Å². The van der Waals surface area contributed by atoms with E-state index in [9.17, 15) is 4.79 Å². The lowest BCUT2D eigenvalue weighted by atomic mass is 9.77. The first-order chi connectivity index (χ1) is 11.2. The Morgan fingerprint density at radius 3 is 2.74 bits per heavy atom. The number of rotatable bonds is 2. The van der Waals surface area contributed by atoms with E-state index in [0.29, 0.717) is 17.5 Å². The lowest BCUT2D eigenvalue weighted by Crippen LogP contribution is -2.65. The van der Waals surface area contributed by atoms with Crippen LogP contribution < -0.4 is 5.32 Å². The van der Waals surface area contributed by atoms with Gasteiger partial charge >= 0.3 is 0 Å². The molecule has 3 aliphatic heterocycles. The molecule has 23 heavy (non-hydrogen) atoms. The van der Waals surface area contributed by atoms with Gasteiger partial charge in [-0.05, 0) is 68.3 Å². The van der Waals surface area contributed by atoms with Crippen molar-refractivity contribution >= 4 is 16.8 Å². The van der Waals surface area contributed by atoms with Crippen LogP contribution in [0, 0.1) is 5.92 Å². The number of benzene rings is 1. The van der Waals surface area contributed by atoms with Gasteiger partial charge in [0.15, 0.2) is 0 Å². The third-order valence-corrected chi connectivity index (χ3v) is 6.42. The second-order valence-corrected chi connectivity index (χ2v) is 7.58. The highest BCUT2D eigenvalue weighted by Crippen LogP contribution is 2.53. The predicted molar refractivity (Wildman–Crippen MR) is 90.4 cm³/mol. The Kier molecular flexibility index (Phi) is 2.72. The molecule has 0 radical (unpaired) electrons. The van der Waals surface area contributed by atoms with E-state index in [4.69, 9.17) is 0 Å². The van der Waals surface area contributed by atoms with Crippen LogP contribution in [0.15, 0.2) is 30.5 Å². The Balaban J connectivity index is 1.43. The molecule has 1 N–H and O–H groups in total. The van der Waals surface area contributed by atoms with Crippen molar-refractivity contribution in [1.82, 2.24) is 14.8 Å². The van der Waals surface area contributed by atoms with Gasteiger partial charge in [0.25, 0.3) is 5.91 Å². The van der Waals surface area contributed by atoms with Crippen LogP contribution >= 0.6 is 0 Å². The van der Waals surface area contributed by atoms with Crippen LogP contribution in [-0.2, 0) is 7.05 Å². The van der Waals surface area contributed by atoms with Crippen LogP contribution in [0.25, 0.3) is 10.9 Å². The van der Waals surface area contributed by atoms with E-state index >= 15 is 0 Å². The fourth-order valence-electron chi connectivity index (χ4n) is 4.95. The molecule has 4 nitrogen and oxygen atoms in total. The molecule has 1 aromatic carbocycles. The molecule has 6 rings (SSSR count). The number of hydrogen-bond donors (Lipinski definition) is 1. The van der Waals surface area contributed by atoms with Gasteiger partial charge in [-0.2, -0.15) is 0 Å². The maximum Gasteiger partial charge on any atom is 0.251 e. The summed E-state index contributed by atoms with van der Waals surface area (Å²) < 4.78 is 2.07. The zero-order valence-corrected chi connectivity index (χ0v) is 13.6. The highest BCUT2D eigenvalue weighted by molar-refractivity contribution is 5.98. The molecule has 4 heterocycles. The van der Waals surface area contributed by atoms with Crippen molar-refractivity contribution in [1.29, 1.82) is 0 Å². The maximum absolute atomic E-state index is 12.8. The first kappa shape index (κ1) is 13.6. The van der Waals surface area contributed by atoms with E-state index in [1.54, 1.807) is 0 Å².